The van der Waals surface area contributed by atoms with Crippen LogP contribution in [0.15, 0.2) is 24.3 Å². The third kappa shape index (κ3) is 3.09. The van der Waals surface area contributed by atoms with Crippen molar-refractivity contribution in [1.29, 1.82) is 0 Å². The second-order valence-electron chi connectivity index (χ2n) is 3.79. The minimum atomic E-state index is 0.410. The normalized spacial score (nSPS) is 11.0. The second-order valence-corrected chi connectivity index (χ2v) is 6.38. The Morgan fingerprint density at radius 3 is 2.35 bits per heavy atom. The van der Waals surface area contributed by atoms with Crippen molar-refractivity contribution in [3.05, 3.63) is 44.5 Å². The van der Waals surface area contributed by atoms with Gasteiger partial charge in [-0.3, -0.25) is 0 Å². The Hall–Kier alpha value is -1.31. The molecule has 0 spiro atoms. The number of rotatable bonds is 3. The summed E-state index contributed by atoms with van der Waals surface area (Å²) in [5.74, 6) is 0.891. The van der Waals surface area contributed by atoms with Crippen molar-refractivity contribution in [3.63, 3.8) is 0 Å². The molecule has 0 fully saturated rings. The number of methoxy groups -OCH3 is 1. The van der Waals surface area contributed by atoms with E-state index in [0.717, 1.165) is 11.4 Å². The molecule has 0 amide bonds. The van der Waals surface area contributed by atoms with Gasteiger partial charge in [0.05, 0.1) is 0 Å². The Morgan fingerprint density at radius 2 is 1.82 bits per heavy atom. The van der Waals surface area contributed by atoms with Crippen molar-refractivity contribution in [2.24, 2.45) is 0 Å². The predicted octanol–water partition coefficient (Wildman–Crippen LogP) is 2.93. The molecule has 2 rings (SSSR count). The topological polar surface area (TPSA) is 22.1 Å². The number of nitrogens with zero attached hydrogens (tertiary/aromatic N) is 1. The van der Waals surface area contributed by atoms with E-state index in [1.165, 1.54) is 14.6 Å². The van der Waals surface area contributed by atoms with E-state index in [4.69, 9.17) is 4.74 Å². The number of aryl methyl sites for hydroxylation is 2. The van der Waals surface area contributed by atoms with Gasteiger partial charge in [0.1, 0.15) is 0 Å². The van der Waals surface area contributed by atoms with Gasteiger partial charge in [-0.15, -0.1) is 0 Å². The first-order valence-corrected chi connectivity index (χ1v) is 7.16. The van der Waals surface area contributed by atoms with Crippen LogP contribution in [0.3, 0.4) is 0 Å². The van der Waals surface area contributed by atoms with E-state index in [1.54, 1.807) is 7.11 Å². The molecule has 0 aliphatic carbocycles. The third-order valence-corrected chi connectivity index (χ3v) is 4.66. The standard InChI is InChI=1S/C14H15NOSe/c1-10-14(17-11(2)15-10)9-6-12-4-7-13(16-3)8-5-12/h4-9H,1-3H3. The number of hydrogen-bond donors (Lipinski definition) is 0. The van der Waals surface area contributed by atoms with Gasteiger partial charge in [0.15, 0.2) is 0 Å². The molecule has 88 valence electrons. The fraction of sp³-hybridized carbons (Fsp3) is 0.214. The van der Waals surface area contributed by atoms with E-state index in [2.05, 4.69) is 43.1 Å². The van der Waals surface area contributed by atoms with Crippen LogP contribution >= 0.6 is 0 Å². The van der Waals surface area contributed by atoms with Crippen LogP contribution in [0.2, 0.25) is 0 Å². The summed E-state index contributed by atoms with van der Waals surface area (Å²) >= 11 is 0.410. The number of hydrogen-bond acceptors (Lipinski definition) is 2. The van der Waals surface area contributed by atoms with Crippen LogP contribution in [-0.4, -0.2) is 26.6 Å². The van der Waals surface area contributed by atoms with Crippen LogP contribution in [0.25, 0.3) is 12.2 Å². The van der Waals surface area contributed by atoms with E-state index in [1.807, 2.05) is 12.1 Å². The summed E-state index contributed by atoms with van der Waals surface area (Å²) in [6, 6.07) is 8.06. The third-order valence-electron chi connectivity index (χ3n) is 2.48. The van der Waals surface area contributed by atoms with E-state index < -0.39 is 0 Å². The quantitative estimate of drug-likeness (QED) is 0.812. The molecule has 3 heteroatoms. The molecule has 0 saturated carbocycles. The molecule has 2 nitrogen and oxygen atoms in total. The van der Waals surface area contributed by atoms with Gasteiger partial charge in [0.2, 0.25) is 0 Å². The van der Waals surface area contributed by atoms with Crippen LogP contribution in [0.4, 0.5) is 0 Å². The molecule has 0 radical (unpaired) electrons. The van der Waals surface area contributed by atoms with Gasteiger partial charge in [-0.1, -0.05) is 0 Å². The summed E-state index contributed by atoms with van der Waals surface area (Å²) in [4.78, 5) is 4.46. The zero-order chi connectivity index (χ0) is 12.3. The van der Waals surface area contributed by atoms with Gasteiger partial charge in [-0.2, -0.15) is 0 Å². The van der Waals surface area contributed by atoms with Crippen molar-refractivity contribution in [2.45, 2.75) is 13.8 Å². The first-order valence-electron chi connectivity index (χ1n) is 5.45. The summed E-state index contributed by atoms with van der Waals surface area (Å²) < 4.78 is 7.75. The fourth-order valence-corrected chi connectivity index (χ4v) is 3.33. The SMILES string of the molecule is COc1ccc(C=Cc2[se]c(C)nc2C)cc1. The number of ether oxygens (including phenoxy) is 1. The van der Waals surface area contributed by atoms with Gasteiger partial charge in [-0.05, 0) is 0 Å². The van der Waals surface area contributed by atoms with Gasteiger partial charge in [0.25, 0.3) is 0 Å². The Kier molecular flexibility index (Phi) is 3.82. The molecule has 0 aliphatic rings. The van der Waals surface area contributed by atoms with Crippen molar-refractivity contribution in [3.8, 4) is 5.75 Å². The minimum absolute atomic E-state index is 0.410. The summed E-state index contributed by atoms with van der Waals surface area (Å²) in [6.07, 6.45) is 4.31. The number of aromatic nitrogens is 1. The van der Waals surface area contributed by atoms with Crippen LogP contribution in [0, 0.1) is 13.8 Å². The zero-order valence-electron chi connectivity index (χ0n) is 10.2. The Morgan fingerprint density at radius 1 is 1.12 bits per heavy atom. The molecule has 1 heterocycles. The van der Waals surface area contributed by atoms with Gasteiger partial charge < -0.3 is 0 Å². The molecule has 1 aromatic heterocycles. The first-order chi connectivity index (χ1) is 8.19. The van der Waals surface area contributed by atoms with E-state index in [0.29, 0.717) is 14.5 Å². The fourth-order valence-electron chi connectivity index (χ4n) is 1.59. The molecule has 0 unspecified atom stereocenters. The average molecular weight is 292 g/mol. The summed E-state index contributed by atoms with van der Waals surface area (Å²) in [7, 11) is 1.68. The van der Waals surface area contributed by atoms with Gasteiger partial charge >= 0.3 is 108 Å². The molecular formula is C14H15NOSe. The van der Waals surface area contributed by atoms with Crippen LogP contribution in [0.5, 0.6) is 5.75 Å². The van der Waals surface area contributed by atoms with Crippen molar-refractivity contribution < 1.29 is 4.74 Å². The van der Waals surface area contributed by atoms with Gasteiger partial charge in [-0.25, -0.2) is 0 Å². The molecule has 0 atom stereocenters. The van der Waals surface area contributed by atoms with Crippen molar-refractivity contribution >= 4 is 26.7 Å². The Balaban J connectivity index is 2.17. The summed E-state index contributed by atoms with van der Waals surface area (Å²) in [5.41, 5.74) is 2.35. The molecule has 0 N–H and O–H groups in total. The van der Waals surface area contributed by atoms with Crippen molar-refractivity contribution in [1.82, 2.24) is 4.98 Å². The monoisotopic (exact) mass is 293 g/mol. The van der Waals surface area contributed by atoms with E-state index in [-0.39, 0.29) is 0 Å². The molecule has 0 saturated heterocycles. The van der Waals surface area contributed by atoms with Crippen LogP contribution in [0.1, 0.15) is 20.3 Å². The van der Waals surface area contributed by atoms with Crippen LogP contribution in [-0.2, 0) is 0 Å². The molecule has 0 aliphatic heterocycles. The predicted molar refractivity (Wildman–Crippen MR) is 72.6 cm³/mol. The molecule has 1 aromatic carbocycles. The van der Waals surface area contributed by atoms with Crippen molar-refractivity contribution in [2.75, 3.05) is 7.11 Å². The average Bonchev–Trinajstić information content (AvgIpc) is 2.66. The Labute approximate surface area is 108 Å². The number of benzene rings is 1. The summed E-state index contributed by atoms with van der Waals surface area (Å²) in [6.45, 7) is 4.17. The maximum absolute atomic E-state index is 5.13. The van der Waals surface area contributed by atoms with E-state index >= 15 is 0 Å². The van der Waals surface area contributed by atoms with Crippen LogP contribution < -0.4 is 4.74 Å². The summed E-state index contributed by atoms with van der Waals surface area (Å²) in [5, 5.41) is 0. The molecule has 2 aromatic rings. The van der Waals surface area contributed by atoms with E-state index in [9.17, 15) is 0 Å². The van der Waals surface area contributed by atoms with Gasteiger partial charge in [0, 0.05) is 0 Å². The molecular weight excluding hydrogens is 277 g/mol. The molecule has 0 bridgehead atoms. The first kappa shape index (κ1) is 12.2. The Bertz CT molecular complexity index is 526. The molecule has 17 heavy (non-hydrogen) atoms. The zero-order valence-corrected chi connectivity index (χ0v) is 11.9. The maximum atomic E-state index is 5.13. The second kappa shape index (κ2) is 5.35.